The number of carbonyl (C=O) groups is 1. The number of benzene rings is 2. The monoisotopic (exact) mass is 566 g/mol. The molecule has 0 atom stereocenters. The summed E-state index contributed by atoms with van der Waals surface area (Å²) >= 11 is 13.4. The number of methoxy groups -OCH3 is 3. The first-order chi connectivity index (χ1) is 18.8. The minimum absolute atomic E-state index is 0.0306. The first kappa shape index (κ1) is 26.3. The van der Waals surface area contributed by atoms with E-state index in [1.165, 1.54) is 33.5 Å². The predicted octanol–water partition coefficient (Wildman–Crippen LogP) is 6.81. The van der Waals surface area contributed by atoms with Gasteiger partial charge in [0.1, 0.15) is 28.7 Å². The molecule has 0 spiro atoms. The zero-order valence-electron chi connectivity index (χ0n) is 21.0. The first-order valence-electron chi connectivity index (χ1n) is 11.5. The van der Waals surface area contributed by atoms with Gasteiger partial charge in [-0.25, -0.2) is 9.37 Å². The van der Waals surface area contributed by atoms with Crippen LogP contribution < -0.4 is 19.5 Å². The van der Waals surface area contributed by atoms with Crippen LogP contribution >= 0.6 is 23.2 Å². The van der Waals surface area contributed by atoms with Gasteiger partial charge in [0, 0.05) is 52.8 Å². The molecule has 0 fully saturated rings. The fourth-order valence-electron chi connectivity index (χ4n) is 4.35. The fourth-order valence-corrected chi connectivity index (χ4v) is 5.05. The molecule has 1 amide bonds. The third kappa shape index (κ3) is 4.49. The van der Waals surface area contributed by atoms with Crippen molar-refractivity contribution in [1.82, 2.24) is 14.4 Å². The van der Waals surface area contributed by atoms with Crippen molar-refractivity contribution < 1.29 is 23.4 Å². The number of nitrogens with one attached hydrogen (secondary N) is 1. The Morgan fingerprint density at radius 2 is 1.67 bits per heavy atom. The summed E-state index contributed by atoms with van der Waals surface area (Å²) in [5, 5.41) is 3.82. The molecule has 1 N–H and O–H groups in total. The summed E-state index contributed by atoms with van der Waals surface area (Å²) < 4.78 is 32.8. The molecule has 5 rings (SSSR count). The lowest BCUT2D eigenvalue weighted by molar-refractivity contribution is -0.111. The van der Waals surface area contributed by atoms with E-state index in [4.69, 9.17) is 37.4 Å². The zero-order chi connectivity index (χ0) is 27.8. The fraction of sp³-hybridized carbons (Fsp3) is 0.107. The van der Waals surface area contributed by atoms with Crippen molar-refractivity contribution in [3.05, 3.63) is 77.4 Å². The van der Waals surface area contributed by atoms with Gasteiger partial charge in [-0.05, 0) is 24.3 Å². The molecule has 0 aliphatic heterocycles. The molecule has 0 saturated carbocycles. The summed E-state index contributed by atoms with van der Waals surface area (Å²) in [6, 6.07) is 7.96. The summed E-state index contributed by atoms with van der Waals surface area (Å²) in [5.74, 6) is -0.161. The Bertz CT molecular complexity index is 1760. The Morgan fingerprint density at radius 1 is 0.974 bits per heavy atom. The highest BCUT2D eigenvalue weighted by Gasteiger charge is 2.23. The molecule has 0 bridgehead atoms. The Kier molecular flexibility index (Phi) is 7.03. The van der Waals surface area contributed by atoms with Gasteiger partial charge in [0.05, 0.1) is 48.3 Å². The van der Waals surface area contributed by atoms with E-state index >= 15 is 0 Å². The summed E-state index contributed by atoms with van der Waals surface area (Å²) in [7, 11) is 4.44. The van der Waals surface area contributed by atoms with Crippen molar-refractivity contribution in [2.75, 3.05) is 26.6 Å². The van der Waals surface area contributed by atoms with Crippen molar-refractivity contribution in [3.63, 3.8) is 0 Å². The van der Waals surface area contributed by atoms with Crippen molar-refractivity contribution in [2.24, 2.45) is 0 Å². The second-order valence-electron chi connectivity index (χ2n) is 8.32. The van der Waals surface area contributed by atoms with E-state index in [0.29, 0.717) is 49.6 Å². The zero-order valence-corrected chi connectivity index (χ0v) is 22.5. The largest absolute Gasteiger partial charge is 0.496 e. The Labute approximate surface area is 232 Å². The number of ether oxygens (including phenoxy) is 3. The lowest BCUT2D eigenvalue weighted by Crippen LogP contribution is -2.09. The van der Waals surface area contributed by atoms with Gasteiger partial charge in [0.2, 0.25) is 5.91 Å². The number of fused-ring (bicyclic) bond motifs is 3. The van der Waals surface area contributed by atoms with E-state index in [1.54, 1.807) is 24.7 Å². The molecular formula is C28H21Cl2FN4O4. The third-order valence-electron chi connectivity index (χ3n) is 6.20. The van der Waals surface area contributed by atoms with Gasteiger partial charge in [-0.3, -0.25) is 14.2 Å². The van der Waals surface area contributed by atoms with Crippen LogP contribution in [0.1, 0.15) is 0 Å². The summed E-state index contributed by atoms with van der Waals surface area (Å²) in [6.07, 6.45) is 6.17. The van der Waals surface area contributed by atoms with Gasteiger partial charge in [-0.1, -0.05) is 29.8 Å². The highest BCUT2D eigenvalue weighted by atomic mass is 35.5. The number of amides is 1. The lowest BCUT2D eigenvalue weighted by Gasteiger charge is -2.17. The molecule has 5 aromatic rings. The lowest BCUT2D eigenvalue weighted by atomic mass is 10.0. The number of anilines is 1. The number of imidazole rings is 1. The number of rotatable bonds is 7. The van der Waals surface area contributed by atoms with Gasteiger partial charge in [-0.15, -0.1) is 0 Å². The van der Waals surface area contributed by atoms with Gasteiger partial charge in [0.15, 0.2) is 0 Å². The van der Waals surface area contributed by atoms with Crippen molar-refractivity contribution >= 4 is 51.3 Å². The molecule has 0 aliphatic rings. The van der Waals surface area contributed by atoms with Crippen LogP contribution in [0, 0.1) is 5.82 Å². The van der Waals surface area contributed by atoms with E-state index in [0.717, 1.165) is 17.0 Å². The van der Waals surface area contributed by atoms with Crippen LogP contribution in [0.4, 0.5) is 10.1 Å². The van der Waals surface area contributed by atoms with Gasteiger partial charge >= 0.3 is 0 Å². The smallest absolute Gasteiger partial charge is 0.247 e. The molecule has 198 valence electrons. The van der Waals surface area contributed by atoms with Crippen LogP contribution in [0.15, 0.2) is 61.6 Å². The topological polar surface area (TPSA) is 87.0 Å². The molecular weight excluding hydrogens is 546 g/mol. The number of halogens is 3. The normalized spacial score (nSPS) is 11.0. The van der Waals surface area contributed by atoms with Crippen LogP contribution in [-0.2, 0) is 4.79 Å². The van der Waals surface area contributed by atoms with Crippen molar-refractivity contribution in [2.45, 2.75) is 0 Å². The van der Waals surface area contributed by atoms with Crippen LogP contribution in [-0.4, -0.2) is 41.6 Å². The Balaban J connectivity index is 1.74. The number of carbonyl (C=O) groups excluding carboxylic acids is 1. The summed E-state index contributed by atoms with van der Waals surface area (Å²) in [4.78, 5) is 21.0. The number of aromatic nitrogens is 3. The third-order valence-corrected chi connectivity index (χ3v) is 6.95. The van der Waals surface area contributed by atoms with E-state index in [-0.39, 0.29) is 11.4 Å². The van der Waals surface area contributed by atoms with Gasteiger partial charge in [0.25, 0.3) is 0 Å². The maximum absolute atomic E-state index is 14.6. The molecule has 2 aromatic carbocycles. The van der Waals surface area contributed by atoms with Crippen LogP contribution in [0.5, 0.6) is 17.2 Å². The number of pyridine rings is 2. The standard InChI is InChI=1S/C28H21Cl2FN4O4/c1-5-24(36)34-19-9-15(21(37-2)10-17(19)31)18-11-20-14(13-33-18)8-16(28-32-6-7-35(20)28)25-26(29)22(38-3)12-23(39-4)27(25)30/h5-13H,1H2,2-4H3,(H,34,36). The molecule has 0 unspecified atom stereocenters. The highest BCUT2D eigenvalue weighted by molar-refractivity contribution is 6.41. The SMILES string of the molecule is C=CC(=O)Nc1cc(-c2cc3c(cn2)cc(-c2c(Cl)c(OC)cc(OC)c2Cl)c2nccn23)c(OC)cc1F. The van der Waals surface area contributed by atoms with Crippen LogP contribution in [0.3, 0.4) is 0 Å². The summed E-state index contributed by atoms with van der Waals surface area (Å²) in [6.45, 7) is 3.41. The molecule has 3 aromatic heterocycles. The number of hydrogen-bond donors (Lipinski definition) is 1. The molecule has 3 heterocycles. The van der Waals surface area contributed by atoms with Crippen LogP contribution in [0.25, 0.3) is 38.9 Å². The quantitative estimate of drug-likeness (QED) is 0.218. The van der Waals surface area contributed by atoms with Gasteiger partial charge in [-0.2, -0.15) is 0 Å². The second-order valence-corrected chi connectivity index (χ2v) is 9.07. The average Bonchev–Trinajstić information content (AvgIpc) is 3.44. The predicted molar refractivity (Wildman–Crippen MR) is 150 cm³/mol. The maximum Gasteiger partial charge on any atom is 0.247 e. The minimum atomic E-state index is -0.657. The van der Waals surface area contributed by atoms with E-state index in [2.05, 4.69) is 21.9 Å². The number of nitrogens with zero attached hydrogens (tertiary/aromatic N) is 3. The van der Waals surface area contributed by atoms with E-state index in [9.17, 15) is 9.18 Å². The van der Waals surface area contributed by atoms with Crippen molar-refractivity contribution in [1.29, 1.82) is 0 Å². The Morgan fingerprint density at radius 3 is 2.31 bits per heavy atom. The molecule has 39 heavy (non-hydrogen) atoms. The molecule has 0 radical (unpaired) electrons. The summed E-state index contributed by atoms with van der Waals surface area (Å²) in [5.41, 5.74) is 3.39. The minimum Gasteiger partial charge on any atom is -0.496 e. The molecule has 11 heteroatoms. The molecule has 8 nitrogen and oxygen atoms in total. The second kappa shape index (κ2) is 10.4. The highest BCUT2D eigenvalue weighted by Crippen LogP contribution is 2.47. The van der Waals surface area contributed by atoms with E-state index < -0.39 is 11.7 Å². The van der Waals surface area contributed by atoms with E-state index in [1.807, 2.05) is 16.5 Å². The molecule has 0 saturated heterocycles. The van der Waals surface area contributed by atoms with Gasteiger partial charge < -0.3 is 19.5 Å². The van der Waals surface area contributed by atoms with Crippen LogP contribution in [0.2, 0.25) is 10.0 Å². The Hall–Kier alpha value is -4.34. The average molecular weight is 567 g/mol. The maximum atomic E-state index is 14.6. The number of hydrogen-bond acceptors (Lipinski definition) is 6. The van der Waals surface area contributed by atoms with Crippen molar-refractivity contribution in [3.8, 4) is 39.6 Å². The molecule has 0 aliphatic carbocycles. The first-order valence-corrected chi connectivity index (χ1v) is 12.2.